The summed E-state index contributed by atoms with van der Waals surface area (Å²) >= 11 is 0. The van der Waals surface area contributed by atoms with Crippen molar-refractivity contribution in [3.05, 3.63) is 90.9 Å². The van der Waals surface area contributed by atoms with Gasteiger partial charge in [-0.1, -0.05) is 23.9 Å². The number of allylic oxidation sites excluding steroid dienone is 2. The first-order valence-electron chi connectivity index (χ1n) is 8.88. The second-order valence-corrected chi connectivity index (χ2v) is 6.50. The smallest absolute Gasteiger partial charge is 0.351 e. The normalized spacial score (nSPS) is 19.2. The number of benzene rings is 1. The summed E-state index contributed by atoms with van der Waals surface area (Å²) < 4.78 is 105. The Morgan fingerprint density at radius 3 is 1.67 bits per heavy atom. The van der Waals surface area contributed by atoms with Gasteiger partial charge in [-0.3, -0.25) is 0 Å². The maximum atomic E-state index is 13.5. The van der Waals surface area contributed by atoms with Crippen molar-refractivity contribution in [3.8, 4) is 11.3 Å². The van der Waals surface area contributed by atoms with E-state index in [1.54, 1.807) is 6.20 Å². The van der Waals surface area contributed by atoms with E-state index in [0.29, 0.717) is 12.1 Å². The fourth-order valence-corrected chi connectivity index (χ4v) is 2.68. The molecule has 177 valence electrons. The van der Waals surface area contributed by atoms with Gasteiger partial charge < -0.3 is 9.97 Å². The van der Waals surface area contributed by atoms with E-state index in [-0.39, 0.29) is 20.1 Å². The van der Waals surface area contributed by atoms with Gasteiger partial charge in [-0.15, -0.1) is 47.5 Å². The van der Waals surface area contributed by atoms with Crippen LogP contribution in [0.3, 0.4) is 0 Å². The van der Waals surface area contributed by atoms with Gasteiger partial charge in [0.2, 0.25) is 0 Å². The van der Waals surface area contributed by atoms with Crippen molar-refractivity contribution in [1.29, 1.82) is 0 Å². The fourth-order valence-electron chi connectivity index (χ4n) is 2.68. The van der Waals surface area contributed by atoms with Crippen LogP contribution in [0, 0.1) is 12.1 Å². The maximum Gasteiger partial charge on any atom is 0.378 e. The van der Waals surface area contributed by atoms with Crippen LogP contribution in [-0.2, 0) is 20.1 Å². The number of hydrogen-bond donors (Lipinski definition) is 0. The monoisotopic (exact) mass is 649 g/mol. The van der Waals surface area contributed by atoms with Crippen LogP contribution in [0.1, 0.15) is 5.69 Å². The largest absolute Gasteiger partial charge is 0.378 e. The zero-order chi connectivity index (χ0) is 23.6. The molecular weight excluding hydrogens is 636 g/mol. The predicted octanol–water partition coefficient (Wildman–Crippen LogP) is 6.37. The molecule has 11 heteroatoms. The standard InChI is InChI=1S/C11H4F8N.C11H8N.Ir/c12-8(13)5-6(7-3-1-2-4-20-7)9(14,15)11(18,19)10(8,16)17;1-2-6-10(7-3-1)11-8-4-5-9-12-11;/h1-4H;1-6,8-9H;/q2*-1;. The fraction of sp³-hybridized carbons (Fsp3) is 0.182. The number of nitrogens with zero attached hydrogens (tertiary/aromatic N) is 2. The van der Waals surface area contributed by atoms with E-state index in [9.17, 15) is 35.1 Å². The number of hydrogen-bond acceptors (Lipinski definition) is 2. The van der Waals surface area contributed by atoms with Gasteiger partial charge in [-0.05, 0) is 17.8 Å². The number of alkyl halides is 8. The molecule has 2 heterocycles. The van der Waals surface area contributed by atoms with E-state index in [0.717, 1.165) is 23.5 Å². The molecule has 0 saturated heterocycles. The van der Waals surface area contributed by atoms with E-state index in [4.69, 9.17) is 0 Å². The van der Waals surface area contributed by atoms with E-state index in [1.807, 2.05) is 42.5 Å². The summed E-state index contributed by atoms with van der Waals surface area (Å²) in [5, 5.41) is 0. The van der Waals surface area contributed by atoms with Crippen LogP contribution in [0.4, 0.5) is 35.1 Å². The Balaban J connectivity index is 0.000000253. The summed E-state index contributed by atoms with van der Waals surface area (Å²) in [7, 11) is 0. The van der Waals surface area contributed by atoms with Crippen LogP contribution in [0.15, 0.2) is 73.1 Å². The summed E-state index contributed by atoms with van der Waals surface area (Å²) in [5.41, 5.74) is -1.03. The van der Waals surface area contributed by atoms with Crippen molar-refractivity contribution in [1.82, 2.24) is 9.97 Å². The molecule has 4 rings (SSSR count). The van der Waals surface area contributed by atoms with Gasteiger partial charge >= 0.3 is 17.8 Å². The van der Waals surface area contributed by atoms with Gasteiger partial charge in [0, 0.05) is 32.5 Å². The summed E-state index contributed by atoms with van der Waals surface area (Å²) in [6.45, 7) is 0. The molecule has 1 radical (unpaired) electrons. The first-order valence-corrected chi connectivity index (χ1v) is 8.88. The van der Waals surface area contributed by atoms with E-state index in [2.05, 4.69) is 16.0 Å². The molecule has 1 aromatic carbocycles. The van der Waals surface area contributed by atoms with Crippen molar-refractivity contribution >= 4 is 5.57 Å². The van der Waals surface area contributed by atoms with E-state index in [1.165, 1.54) is 6.07 Å². The minimum atomic E-state index is -6.28. The van der Waals surface area contributed by atoms with Crippen LogP contribution in [0.25, 0.3) is 16.8 Å². The van der Waals surface area contributed by atoms with Crippen LogP contribution >= 0.6 is 0 Å². The second kappa shape index (κ2) is 9.69. The molecule has 0 bridgehead atoms. The van der Waals surface area contributed by atoms with E-state index < -0.39 is 35.0 Å². The summed E-state index contributed by atoms with van der Waals surface area (Å²) in [6.07, 6.45) is 3.14. The molecule has 1 aliphatic rings. The van der Waals surface area contributed by atoms with Crippen molar-refractivity contribution < 1.29 is 55.2 Å². The Bertz CT molecular complexity index is 1040. The SMILES string of the molecule is FC1(F)[C-]=C(c2ccccn2)C(F)(F)C(F)(F)C1(F)F.[Ir].[c-]1ccccc1-c1ccccn1. The van der Waals surface area contributed by atoms with Crippen molar-refractivity contribution in [2.24, 2.45) is 0 Å². The average Bonchev–Trinajstić information content (AvgIpc) is 2.78. The zero-order valence-electron chi connectivity index (χ0n) is 16.2. The molecule has 2 aromatic heterocycles. The topological polar surface area (TPSA) is 25.8 Å². The molecule has 0 amide bonds. The number of rotatable bonds is 2. The van der Waals surface area contributed by atoms with Crippen LogP contribution in [0.2, 0.25) is 0 Å². The average molecular weight is 649 g/mol. The number of halogens is 8. The van der Waals surface area contributed by atoms with Gasteiger partial charge in [-0.2, -0.15) is 32.4 Å². The molecule has 33 heavy (non-hydrogen) atoms. The third kappa shape index (κ3) is 4.84. The Morgan fingerprint density at radius 1 is 0.636 bits per heavy atom. The minimum Gasteiger partial charge on any atom is -0.351 e. The molecule has 0 fully saturated rings. The zero-order valence-corrected chi connectivity index (χ0v) is 18.6. The van der Waals surface area contributed by atoms with Crippen LogP contribution < -0.4 is 0 Å². The maximum absolute atomic E-state index is 13.5. The molecule has 0 spiro atoms. The van der Waals surface area contributed by atoms with Gasteiger partial charge in [0.1, 0.15) is 0 Å². The molecule has 0 unspecified atom stereocenters. The predicted molar refractivity (Wildman–Crippen MR) is 99.2 cm³/mol. The third-order valence-corrected chi connectivity index (χ3v) is 4.35. The first kappa shape index (κ1) is 26.6. The first-order chi connectivity index (χ1) is 14.9. The summed E-state index contributed by atoms with van der Waals surface area (Å²) in [4.78, 5) is 7.40. The van der Waals surface area contributed by atoms with Crippen molar-refractivity contribution in [2.45, 2.75) is 23.7 Å². The van der Waals surface area contributed by atoms with Gasteiger partial charge in [0.25, 0.3) is 5.92 Å². The number of pyridine rings is 2. The van der Waals surface area contributed by atoms with Gasteiger partial charge in [0.05, 0.1) is 0 Å². The molecule has 1 aliphatic carbocycles. The molecule has 0 N–H and O–H groups in total. The Labute approximate surface area is 196 Å². The Morgan fingerprint density at radius 2 is 1.18 bits per heavy atom. The second-order valence-electron chi connectivity index (χ2n) is 6.50. The third-order valence-electron chi connectivity index (χ3n) is 4.35. The van der Waals surface area contributed by atoms with Gasteiger partial charge in [0.15, 0.2) is 0 Å². The Kier molecular flexibility index (Phi) is 7.81. The quantitative estimate of drug-likeness (QED) is 0.239. The van der Waals surface area contributed by atoms with Crippen molar-refractivity contribution in [2.75, 3.05) is 0 Å². The molecule has 3 aromatic rings. The minimum absolute atomic E-state index is 0. The molecule has 0 saturated carbocycles. The van der Waals surface area contributed by atoms with Crippen LogP contribution in [0.5, 0.6) is 0 Å². The summed E-state index contributed by atoms with van der Waals surface area (Å²) in [5.74, 6) is -23.6. The van der Waals surface area contributed by atoms with Gasteiger partial charge in [-0.25, -0.2) is 8.78 Å². The summed E-state index contributed by atoms with van der Waals surface area (Å²) in [6, 6.07) is 19.8. The molecule has 0 atom stereocenters. The molecule has 2 nitrogen and oxygen atoms in total. The molecule has 0 aliphatic heterocycles. The van der Waals surface area contributed by atoms with Crippen molar-refractivity contribution in [3.63, 3.8) is 0 Å². The van der Waals surface area contributed by atoms with Crippen LogP contribution in [-0.4, -0.2) is 33.7 Å². The number of aromatic nitrogens is 2. The van der Waals surface area contributed by atoms with E-state index >= 15 is 0 Å². The Hall–Kier alpha value is -2.65. The molecular formula is C22H12F8IrN2-2.